The molecular formula is C17H24N4O3S2. The third-order valence-corrected chi connectivity index (χ3v) is 7.07. The molecule has 1 atom stereocenters. The zero-order chi connectivity index (χ0) is 18.9. The Morgan fingerprint density at radius 2 is 2.12 bits per heavy atom. The quantitative estimate of drug-likeness (QED) is 0.697. The minimum atomic E-state index is -2.93. The summed E-state index contributed by atoms with van der Waals surface area (Å²) in [6.45, 7) is 3.24. The molecule has 0 saturated carbocycles. The van der Waals surface area contributed by atoms with Gasteiger partial charge in [0.2, 0.25) is 0 Å². The van der Waals surface area contributed by atoms with Gasteiger partial charge < -0.3 is 9.30 Å². The number of aromatic nitrogens is 3. The number of para-hydroxylation sites is 1. The molecule has 2 aromatic rings. The first-order valence-corrected chi connectivity index (χ1v) is 10.8. The largest absolute Gasteiger partial charge is 0.496 e. The fraction of sp³-hybridized carbons (Fsp3) is 0.529. The van der Waals surface area contributed by atoms with E-state index in [0.717, 1.165) is 23.7 Å². The van der Waals surface area contributed by atoms with E-state index in [4.69, 9.17) is 17.0 Å². The second kappa shape index (κ2) is 7.50. The van der Waals surface area contributed by atoms with Gasteiger partial charge in [-0.15, -0.1) is 0 Å². The topological polar surface area (TPSA) is 69.4 Å². The molecule has 1 saturated heterocycles. The van der Waals surface area contributed by atoms with Crippen molar-refractivity contribution < 1.29 is 13.2 Å². The molecule has 142 valence electrons. The lowest BCUT2D eigenvalue weighted by molar-refractivity contribution is 0.164. The molecule has 1 fully saturated rings. The first-order chi connectivity index (χ1) is 12.4. The summed E-state index contributed by atoms with van der Waals surface area (Å²) < 4.78 is 33.2. The van der Waals surface area contributed by atoms with Gasteiger partial charge in [-0.3, -0.25) is 4.90 Å². The molecule has 1 aromatic carbocycles. The van der Waals surface area contributed by atoms with E-state index in [2.05, 4.69) is 10.00 Å². The Morgan fingerprint density at radius 3 is 2.73 bits per heavy atom. The molecule has 1 unspecified atom stereocenters. The van der Waals surface area contributed by atoms with Crippen molar-refractivity contribution in [1.82, 2.24) is 19.2 Å². The van der Waals surface area contributed by atoms with Crippen LogP contribution in [-0.4, -0.2) is 58.9 Å². The predicted octanol–water partition coefficient (Wildman–Crippen LogP) is 2.09. The van der Waals surface area contributed by atoms with Crippen molar-refractivity contribution in [3.8, 4) is 17.1 Å². The average molecular weight is 397 g/mol. The van der Waals surface area contributed by atoms with E-state index in [9.17, 15) is 8.42 Å². The molecular weight excluding hydrogens is 372 g/mol. The van der Waals surface area contributed by atoms with Gasteiger partial charge in [-0.25, -0.2) is 13.1 Å². The van der Waals surface area contributed by atoms with E-state index in [1.165, 1.54) is 0 Å². The number of sulfone groups is 1. The lowest BCUT2D eigenvalue weighted by Crippen LogP contribution is -2.37. The Labute approximate surface area is 159 Å². The predicted molar refractivity (Wildman–Crippen MR) is 103 cm³/mol. The molecule has 1 aromatic heterocycles. The standard InChI is InChI=1S/C17H24N4O3S2/c1-4-20(13-9-10-26(22,23)11-13)12-21-17(25)19(2)16(18-21)14-7-5-6-8-15(14)24-3/h5-8,13H,4,9-12H2,1-3H3. The Balaban J connectivity index is 1.91. The van der Waals surface area contributed by atoms with E-state index in [1.807, 2.05) is 42.8 Å². The van der Waals surface area contributed by atoms with Crippen LogP contribution < -0.4 is 4.74 Å². The molecule has 7 nitrogen and oxygen atoms in total. The first-order valence-electron chi connectivity index (χ1n) is 8.58. The van der Waals surface area contributed by atoms with Crippen LogP contribution in [0.15, 0.2) is 24.3 Å². The number of methoxy groups -OCH3 is 1. The molecule has 1 aliphatic heterocycles. The Hall–Kier alpha value is -1.71. The highest BCUT2D eigenvalue weighted by molar-refractivity contribution is 7.91. The van der Waals surface area contributed by atoms with Crippen LogP contribution in [0.25, 0.3) is 11.4 Å². The van der Waals surface area contributed by atoms with Crippen molar-refractivity contribution in [2.45, 2.75) is 26.1 Å². The second-order valence-electron chi connectivity index (χ2n) is 6.47. The van der Waals surface area contributed by atoms with Crippen molar-refractivity contribution in [2.24, 2.45) is 7.05 Å². The van der Waals surface area contributed by atoms with Gasteiger partial charge >= 0.3 is 0 Å². The van der Waals surface area contributed by atoms with E-state index >= 15 is 0 Å². The Kier molecular flexibility index (Phi) is 5.50. The van der Waals surface area contributed by atoms with Crippen molar-refractivity contribution >= 4 is 22.1 Å². The fourth-order valence-corrected chi connectivity index (χ4v) is 5.30. The van der Waals surface area contributed by atoms with Crippen molar-refractivity contribution in [2.75, 3.05) is 25.2 Å². The Morgan fingerprint density at radius 1 is 1.38 bits per heavy atom. The van der Waals surface area contributed by atoms with Crippen LogP contribution in [0.4, 0.5) is 0 Å². The molecule has 0 bridgehead atoms. The van der Waals surface area contributed by atoms with Crippen LogP contribution >= 0.6 is 12.2 Å². The summed E-state index contributed by atoms with van der Waals surface area (Å²) in [5.74, 6) is 1.92. The van der Waals surface area contributed by atoms with Gasteiger partial charge in [-0.05, 0) is 37.3 Å². The SMILES string of the molecule is CCN(Cn1nc(-c2ccccc2OC)n(C)c1=S)C1CCS(=O)(=O)C1. The lowest BCUT2D eigenvalue weighted by atomic mass is 10.2. The van der Waals surface area contributed by atoms with Crippen LogP contribution in [0.1, 0.15) is 13.3 Å². The molecule has 0 spiro atoms. The lowest BCUT2D eigenvalue weighted by Gasteiger charge is -2.25. The van der Waals surface area contributed by atoms with Gasteiger partial charge in [0.25, 0.3) is 0 Å². The molecule has 1 aliphatic rings. The van der Waals surface area contributed by atoms with E-state index in [-0.39, 0.29) is 17.5 Å². The number of hydrogen-bond acceptors (Lipinski definition) is 6. The molecule has 0 aliphatic carbocycles. The minimum Gasteiger partial charge on any atom is -0.496 e. The van der Waals surface area contributed by atoms with Crippen LogP contribution in [0.3, 0.4) is 0 Å². The highest BCUT2D eigenvalue weighted by Crippen LogP contribution is 2.28. The molecule has 3 rings (SSSR count). The first kappa shape index (κ1) is 19.1. The number of rotatable bonds is 6. The zero-order valence-corrected chi connectivity index (χ0v) is 16.9. The van der Waals surface area contributed by atoms with Gasteiger partial charge in [0.05, 0.1) is 30.8 Å². The summed E-state index contributed by atoms with van der Waals surface area (Å²) in [7, 11) is 0.581. The summed E-state index contributed by atoms with van der Waals surface area (Å²) in [5.41, 5.74) is 0.869. The molecule has 9 heteroatoms. The molecule has 26 heavy (non-hydrogen) atoms. The molecule has 0 N–H and O–H groups in total. The average Bonchev–Trinajstić information content (AvgIpc) is 3.13. The third kappa shape index (κ3) is 3.70. The molecule has 2 heterocycles. The van der Waals surface area contributed by atoms with Gasteiger partial charge in [-0.1, -0.05) is 19.1 Å². The third-order valence-electron chi connectivity index (χ3n) is 4.84. The monoisotopic (exact) mass is 396 g/mol. The smallest absolute Gasteiger partial charge is 0.199 e. The highest BCUT2D eigenvalue weighted by Gasteiger charge is 2.32. The number of hydrogen-bond donors (Lipinski definition) is 0. The highest BCUT2D eigenvalue weighted by atomic mass is 32.2. The van der Waals surface area contributed by atoms with Crippen molar-refractivity contribution in [3.05, 3.63) is 29.0 Å². The van der Waals surface area contributed by atoms with Gasteiger partial charge in [-0.2, -0.15) is 5.10 Å². The zero-order valence-electron chi connectivity index (χ0n) is 15.3. The minimum absolute atomic E-state index is 0.0172. The summed E-state index contributed by atoms with van der Waals surface area (Å²) in [6, 6.07) is 7.69. The fourth-order valence-electron chi connectivity index (χ4n) is 3.35. The van der Waals surface area contributed by atoms with E-state index in [1.54, 1.807) is 11.8 Å². The summed E-state index contributed by atoms with van der Waals surface area (Å²) in [6.07, 6.45) is 0.662. The van der Waals surface area contributed by atoms with Crippen LogP contribution in [-0.2, 0) is 23.6 Å². The maximum absolute atomic E-state index is 11.8. The summed E-state index contributed by atoms with van der Waals surface area (Å²) in [5, 5.41) is 4.69. The summed E-state index contributed by atoms with van der Waals surface area (Å²) in [4.78, 5) is 2.12. The maximum Gasteiger partial charge on any atom is 0.199 e. The Bertz CT molecular complexity index is 949. The normalized spacial score (nSPS) is 19.2. The van der Waals surface area contributed by atoms with Gasteiger partial charge in [0.1, 0.15) is 5.75 Å². The number of benzene rings is 1. The maximum atomic E-state index is 11.8. The van der Waals surface area contributed by atoms with Crippen molar-refractivity contribution in [1.29, 1.82) is 0 Å². The van der Waals surface area contributed by atoms with Crippen molar-refractivity contribution in [3.63, 3.8) is 0 Å². The number of nitrogens with zero attached hydrogens (tertiary/aromatic N) is 4. The second-order valence-corrected chi connectivity index (χ2v) is 9.06. The number of ether oxygens (including phenoxy) is 1. The molecule has 0 radical (unpaired) electrons. The van der Waals surface area contributed by atoms with Crippen LogP contribution in [0.2, 0.25) is 0 Å². The van der Waals surface area contributed by atoms with E-state index < -0.39 is 9.84 Å². The molecule has 0 amide bonds. The van der Waals surface area contributed by atoms with Gasteiger partial charge in [0, 0.05) is 13.1 Å². The van der Waals surface area contributed by atoms with Crippen LogP contribution in [0, 0.1) is 4.77 Å². The summed E-state index contributed by atoms with van der Waals surface area (Å²) >= 11 is 5.56. The van der Waals surface area contributed by atoms with Crippen LogP contribution in [0.5, 0.6) is 5.75 Å². The van der Waals surface area contributed by atoms with Gasteiger partial charge in [0.15, 0.2) is 20.4 Å². The van der Waals surface area contributed by atoms with E-state index in [0.29, 0.717) is 17.9 Å².